The fourth-order valence-corrected chi connectivity index (χ4v) is 2.74. The second kappa shape index (κ2) is 8.69. The smallest absolute Gasteiger partial charge is 0.352 e. The fourth-order valence-electron chi connectivity index (χ4n) is 2.74. The van der Waals surface area contributed by atoms with Gasteiger partial charge in [-0.25, -0.2) is 0 Å². The zero-order valence-electron chi connectivity index (χ0n) is 15.0. The molecule has 0 bridgehead atoms. The summed E-state index contributed by atoms with van der Waals surface area (Å²) >= 11 is 0. The van der Waals surface area contributed by atoms with E-state index >= 15 is 0 Å². The van der Waals surface area contributed by atoms with Crippen LogP contribution in [0.15, 0.2) is 72.9 Å². The van der Waals surface area contributed by atoms with E-state index in [1.165, 1.54) is 12.1 Å². The van der Waals surface area contributed by atoms with Crippen molar-refractivity contribution in [2.75, 3.05) is 0 Å². The third-order valence-corrected chi connectivity index (χ3v) is 4.32. The number of hydrogen-bond acceptors (Lipinski definition) is 2. The molecule has 3 aromatic rings. The zero-order chi connectivity index (χ0) is 20.0. The van der Waals surface area contributed by atoms with Gasteiger partial charge in [-0.15, -0.1) is 0 Å². The predicted octanol–water partition coefficient (Wildman–Crippen LogP) is 5.02. The third-order valence-electron chi connectivity index (χ3n) is 4.32. The van der Waals surface area contributed by atoms with Crippen LogP contribution in [0.1, 0.15) is 23.2 Å². The summed E-state index contributed by atoms with van der Waals surface area (Å²) in [5.74, 6) is -0.0579. The van der Waals surface area contributed by atoms with Gasteiger partial charge in [0.2, 0.25) is 5.91 Å². The summed E-state index contributed by atoms with van der Waals surface area (Å²) in [5.41, 5.74) is 2.65. The number of aryl methyl sites for hydroxylation is 1. The first kappa shape index (κ1) is 19.6. The molecule has 0 fully saturated rings. The zero-order valence-corrected chi connectivity index (χ0v) is 15.0. The summed E-state index contributed by atoms with van der Waals surface area (Å²) in [4.78, 5) is 16.1. The second-order valence-corrected chi connectivity index (χ2v) is 6.37. The van der Waals surface area contributed by atoms with Crippen molar-refractivity contribution in [3.05, 3.63) is 89.7 Å². The Morgan fingerprint density at radius 3 is 2.11 bits per heavy atom. The molecule has 0 radical (unpaired) electrons. The number of hydrogen-bond donors (Lipinski definition) is 1. The molecule has 0 aliphatic heterocycles. The van der Waals surface area contributed by atoms with Crippen LogP contribution in [0, 0.1) is 0 Å². The van der Waals surface area contributed by atoms with E-state index in [2.05, 4.69) is 10.3 Å². The Bertz CT molecular complexity index is 905. The van der Waals surface area contributed by atoms with Gasteiger partial charge in [0.05, 0.1) is 5.56 Å². The second-order valence-electron chi connectivity index (χ2n) is 6.37. The Balaban J connectivity index is 1.52. The van der Waals surface area contributed by atoms with E-state index in [0.717, 1.165) is 29.0 Å². The lowest BCUT2D eigenvalue weighted by Gasteiger charge is -2.09. The molecule has 3 rings (SSSR count). The monoisotopic (exact) mass is 384 g/mol. The highest BCUT2D eigenvalue weighted by atomic mass is 19.4. The number of nitrogens with one attached hydrogen (secondary N) is 1. The van der Waals surface area contributed by atoms with Crippen LogP contribution >= 0.6 is 0 Å². The van der Waals surface area contributed by atoms with Crippen LogP contribution in [0.4, 0.5) is 13.2 Å². The van der Waals surface area contributed by atoms with E-state index < -0.39 is 11.7 Å². The summed E-state index contributed by atoms with van der Waals surface area (Å²) in [6.07, 6.45) is -1.69. The lowest BCUT2D eigenvalue weighted by molar-refractivity contribution is -0.137. The molecule has 0 spiro atoms. The van der Waals surface area contributed by atoms with Crippen molar-refractivity contribution < 1.29 is 18.0 Å². The SMILES string of the molecule is O=C(CCc1ccccn1)NCc1ccc(-c2ccc(C(F)(F)F)cc2)cc1. The van der Waals surface area contributed by atoms with Crippen LogP contribution in [-0.2, 0) is 23.9 Å². The number of benzene rings is 2. The molecule has 0 unspecified atom stereocenters. The molecule has 0 aliphatic carbocycles. The Hall–Kier alpha value is -3.15. The minimum absolute atomic E-state index is 0.0579. The van der Waals surface area contributed by atoms with Gasteiger partial charge in [0.15, 0.2) is 0 Å². The van der Waals surface area contributed by atoms with Crippen molar-refractivity contribution in [3.63, 3.8) is 0 Å². The summed E-state index contributed by atoms with van der Waals surface area (Å²) < 4.78 is 37.9. The third kappa shape index (κ3) is 5.42. The van der Waals surface area contributed by atoms with E-state index in [0.29, 0.717) is 24.9 Å². The molecule has 28 heavy (non-hydrogen) atoms. The van der Waals surface area contributed by atoms with Crippen LogP contribution < -0.4 is 5.32 Å². The van der Waals surface area contributed by atoms with Crippen molar-refractivity contribution in [2.45, 2.75) is 25.6 Å². The highest BCUT2D eigenvalue weighted by Gasteiger charge is 2.29. The highest BCUT2D eigenvalue weighted by Crippen LogP contribution is 2.31. The van der Waals surface area contributed by atoms with E-state index in [1.807, 2.05) is 42.5 Å². The normalized spacial score (nSPS) is 11.2. The summed E-state index contributed by atoms with van der Waals surface area (Å²) in [7, 11) is 0. The number of amides is 1. The number of aromatic nitrogens is 1. The molecule has 1 heterocycles. The quantitative estimate of drug-likeness (QED) is 0.649. The molecular weight excluding hydrogens is 365 g/mol. The van der Waals surface area contributed by atoms with Crippen LogP contribution in [-0.4, -0.2) is 10.9 Å². The van der Waals surface area contributed by atoms with E-state index in [1.54, 1.807) is 6.20 Å². The van der Waals surface area contributed by atoms with Gasteiger partial charge >= 0.3 is 6.18 Å². The van der Waals surface area contributed by atoms with Crippen LogP contribution in [0.3, 0.4) is 0 Å². The molecule has 1 N–H and O–H groups in total. The maximum atomic E-state index is 12.6. The molecule has 0 atom stereocenters. The van der Waals surface area contributed by atoms with Gasteiger partial charge in [0.25, 0.3) is 0 Å². The number of pyridine rings is 1. The van der Waals surface area contributed by atoms with E-state index in [4.69, 9.17) is 0 Å². The molecule has 0 saturated heterocycles. The first-order valence-corrected chi connectivity index (χ1v) is 8.85. The maximum Gasteiger partial charge on any atom is 0.416 e. The van der Waals surface area contributed by atoms with Crippen molar-refractivity contribution in [3.8, 4) is 11.1 Å². The van der Waals surface area contributed by atoms with Crippen molar-refractivity contribution >= 4 is 5.91 Å². The molecular formula is C22H19F3N2O. The Labute approximate surface area is 161 Å². The van der Waals surface area contributed by atoms with Crippen molar-refractivity contribution in [1.29, 1.82) is 0 Å². The van der Waals surface area contributed by atoms with Gasteiger partial charge in [0.1, 0.15) is 0 Å². The van der Waals surface area contributed by atoms with Crippen LogP contribution in [0.25, 0.3) is 11.1 Å². The topological polar surface area (TPSA) is 42.0 Å². The average Bonchev–Trinajstić information content (AvgIpc) is 2.71. The number of rotatable bonds is 6. The molecule has 3 nitrogen and oxygen atoms in total. The molecule has 1 aromatic heterocycles. The van der Waals surface area contributed by atoms with Gasteiger partial charge in [0, 0.05) is 24.9 Å². The summed E-state index contributed by atoms with van der Waals surface area (Å²) in [6, 6.07) is 18.0. The van der Waals surface area contributed by atoms with E-state index in [9.17, 15) is 18.0 Å². The number of carbonyl (C=O) groups is 1. The molecule has 6 heteroatoms. The van der Waals surface area contributed by atoms with Gasteiger partial charge in [-0.3, -0.25) is 9.78 Å². The van der Waals surface area contributed by atoms with Gasteiger partial charge in [-0.2, -0.15) is 13.2 Å². The molecule has 2 aromatic carbocycles. The average molecular weight is 384 g/mol. The fraction of sp³-hybridized carbons (Fsp3) is 0.182. The molecule has 0 aliphatic rings. The van der Waals surface area contributed by atoms with Gasteiger partial charge < -0.3 is 5.32 Å². The highest BCUT2D eigenvalue weighted by molar-refractivity contribution is 5.76. The number of nitrogens with zero attached hydrogens (tertiary/aromatic N) is 1. The van der Waals surface area contributed by atoms with Crippen LogP contribution in [0.5, 0.6) is 0 Å². The Kier molecular flexibility index (Phi) is 6.09. The largest absolute Gasteiger partial charge is 0.416 e. The number of carbonyl (C=O) groups excluding carboxylic acids is 1. The maximum absolute atomic E-state index is 12.6. The Morgan fingerprint density at radius 1 is 0.893 bits per heavy atom. The van der Waals surface area contributed by atoms with Gasteiger partial charge in [-0.05, 0) is 47.4 Å². The predicted molar refractivity (Wildman–Crippen MR) is 101 cm³/mol. The lowest BCUT2D eigenvalue weighted by atomic mass is 10.0. The number of alkyl halides is 3. The first-order valence-electron chi connectivity index (χ1n) is 8.85. The van der Waals surface area contributed by atoms with Crippen LogP contribution in [0.2, 0.25) is 0 Å². The molecule has 144 valence electrons. The molecule has 1 amide bonds. The van der Waals surface area contributed by atoms with Crippen molar-refractivity contribution in [1.82, 2.24) is 10.3 Å². The van der Waals surface area contributed by atoms with Gasteiger partial charge in [-0.1, -0.05) is 42.5 Å². The summed E-state index contributed by atoms with van der Waals surface area (Å²) in [5, 5.41) is 2.86. The first-order chi connectivity index (χ1) is 13.4. The number of halogens is 3. The molecule has 0 saturated carbocycles. The minimum atomic E-state index is -4.34. The summed E-state index contributed by atoms with van der Waals surface area (Å²) in [6.45, 7) is 0.397. The minimum Gasteiger partial charge on any atom is -0.352 e. The van der Waals surface area contributed by atoms with E-state index in [-0.39, 0.29) is 5.91 Å². The van der Waals surface area contributed by atoms with Crippen molar-refractivity contribution in [2.24, 2.45) is 0 Å². The standard InChI is InChI=1S/C22H19F3N2O/c23-22(24,25)19-10-8-18(9-11-19)17-6-4-16(5-7-17)15-27-21(28)13-12-20-3-1-2-14-26-20/h1-11,14H,12-13,15H2,(H,27,28). The Morgan fingerprint density at radius 2 is 1.54 bits per heavy atom. The lowest BCUT2D eigenvalue weighted by Crippen LogP contribution is -2.23.